The first-order chi connectivity index (χ1) is 64.5. The summed E-state index contributed by atoms with van der Waals surface area (Å²) in [6.07, 6.45) is 0. The Morgan fingerprint density at radius 1 is 0.271 bits per heavy atom. The number of nitrogens with zero attached hydrogens (tertiary/aromatic N) is 4. The summed E-state index contributed by atoms with van der Waals surface area (Å²) in [6, 6.07) is 23.3. The third-order valence-corrected chi connectivity index (χ3v) is 20.4. The number of hydrogen-bond donors (Lipinski definition) is 0. The largest absolute Gasteiger partial charge is 0.310 e. The lowest BCUT2D eigenvalue weighted by Gasteiger charge is -2.47. The van der Waals surface area contributed by atoms with Crippen LogP contribution in [0.2, 0.25) is 0 Å². The smallest absolute Gasteiger partial charge is 0.252 e. The highest BCUT2D eigenvalue weighted by Gasteiger charge is 2.47. The fraction of sp³-hybridized carbons (Fsp3) is 0.118. The van der Waals surface area contributed by atoms with Crippen molar-refractivity contribution in [1.29, 1.82) is 0 Å². The molecular weight excluding hydrogens is 1290 g/mol. The van der Waals surface area contributed by atoms with Crippen molar-refractivity contribution in [1.82, 2.24) is 9.13 Å². The van der Waals surface area contributed by atoms with Gasteiger partial charge in [-0.3, -0.25) is 0 Å². The molecule has 5 heteroatoms. The van der Waals surface area contributed by atoms with E-state index in [0.717, 1.165) is 20.3 Å². The van der Waals surface area contributed by atoms with Gasteiger partial charge in [0.05, 0.1) is 74.6 Å². The van der Waals surface area contributed by atoms with Crippen LogP contribution in [-0.4, -0.2) is 15.8 Å². The molecule has 2 aliphatic heterocycles. The Bertz CT molecular complexity index is 7620. The summed E-state index contributed by atoms with van der Waals surface area (Å²) < 4.78 is 301. The lowest BCUT2D eigenvalue weighted by Crippen LogP contribution is -2.61. The second kappa shape index (κ2) is 25.1. The Hall–Kier alpha value is -12.4. The van der Waals surface area contributed by atoms with Gasteiger partial charge in [0.25, 0.3) is 6.71 Å². The fourth-order valence-corrected chi connectivity index (χ4v) is 15.1. The molecule has 0 radical (unpaired) electrons. The average molecular weight is 1410 g/mol. The van der Waals surface area contributed by atoms with Gasteiger partial charge in [0, 0.05) is 77.9 Å². The zero-order valence-corrected chi connectivity index (χ0v) is 59.9. The van der Waals surface area contributed by atoms with Gasteiger partial charge in [-0.05, 0) is 179 Å². The minimum absolute atomic E-state index is 0.193. The highest BCUT2D eigenvalue weighted by Crippen LogP contribution is 2.56. The van der Waals surface area contributed by atoms with E-state index < -0.39 is 281 Å². The predicted molar refractivity (Wildman–Crippen MR) is 458 cm³/mol. The summed E-state index contributed by atoms with van der Waals surface area (Å²) in [5.74, 6) is 0. The van der Waals surface area contributed by atoms with Gasteiger partial charge in [-0.2, -0.15) is 0 Å². The summed E-state index contributed by atoms with van der Waals surface area (Å²) in [5.41, 5.74) is -2.54. The van der Waals surface area contributed by atoms with Gasteiger partial charge in [-0.15, -0.1) is 0 Å². The highest BCUT2D eigenvalue weighted by atomic mass is 15.2. The number of rotatable bonds is 10. The Morgan fingerprint density at radius 2 is 0.589 bits per heavy atom. The molecule has 17 aromatic rings. The molecule has 0 fully saturated rings. The van der Waals surface area contributed by atoms with E-state index in [1.807, 2.05) is 220 Å². The van der Waals surface area contributed by atoms with Gasteiger partial charge in [0.2, 0.25) is 0 Å². The van der Waals surface area contributed by atoms with E-state index in [1.54, 1.807) is 9.80 Å². The maximum absolute atomic E-state index is 12.0. The number of benzene rings is 15. The van der Waals surface area contributed by atoms with Crippen LogP contribution in [0.15, 0.2) is 339 Å². The zero-order chi connectivity index (χ0) is 98.7. The van der Waals surface area contributed by atoms with Crippen molar-refractivity contribution in [3.8, 4) is 78.1 Å². The summed E-state index contributed by atoms with van der Waals surface area (Å²) >= 11 is 0. The molecule has 19 rings (SSSR count). The number of hydrogen-bond acceptors (Lipinski definition) is 2. The van der Waals surface area contributed by atoms with Crippen LogP contribution in [0.3, 0.4) is 0 Å². The second-order valence-electron chi connectivity index (χ2n) is 30.1. The van der Waals surface area contributed by atoms with Crippen molar-refractivity contribution in [3.05, 3.63) is 356 Å². The maximum Gasteiger partial charge on any atom is 0.252 e. The van der Waals surface area contributed by atoms with Crippen LogP contribution in [0.5, 0.6) is 0 Å². The molecule has 0 aliphatic carbocycles. The van der Waals surface area contributed by atoms with Crippen molar-refractivity contribution in [2.24, 2.45) is 0 Å². The van der Waals surface area contributed by atoms with Crippen molar-refractivity contribution in [3.63, 3.8) is 0 Å². The number of anilines is 6. The molecule has 107 heavy (non-hydrogen) atoms. The van der Waals surface area contributed by atoms with Gasteiger partial charge in [-0.25, -0.2) is 0 Å². The zero-order valence-electron chi connectivity index (χ0n) is 89.9. The molecule has 0 unspecified atom stereocenters. The van der Waals surface area contributed by atoms with Crippen LogP contribution in [0, 0.1) is 0 Å². The average Bonchev–Trinajstić information content (AvgIpc) is 1.64. The maximum atomic E-state index is 12.0. The van der Waals surface area contributed by atoms with Crippen molar-refractivity contribution < 1.29 is 41.1 Å². The lowest BCUT2D eigenvalue weighted by molar-refractivity contribution is 0.590. The molecule has 0 amide bonds. The molecule has 0 bridgehead atoms. The lowest BCUT2D eigenvalue weighted by atomic mass is 9.33. The number of aromatic nitrogens is 2. The molecule has 0 N–H and O–H groups in total. The third-order valence-electron chi connectivity index (χ3n) is 20.4. The van der Waals surface area contributed by atoms with Crippen LogP contribution >= 0.6 is 0 Å². The number of para-hydroxylation sites is 2. The van der Waals surface area contributed by atoms with Crippen LogP contribution in [0.25, 0.3) is 122 Å². The topological polar surface area (TPSA) is 16.3 Å². The van der Waals surface area contributed by atoms with Crippen molar-refractivity contribution in [2.75, 3.05) is 9.80 Å². The fourth-order valence-electron chi connectivity index (χ4n) is 15.1. The molecule has 4 heterocycles. The Balaban J connectivity index is 1.10. The normalized spacial score (nSPS) is 16.8. The SMILES string of the molecule is [2H]c1c([2H])c([2H])c(-c2c([2H])c([2H])c3c4c([2H])c([2H])c([2H])c([2H])c4n(-c4c([2H])c([2H])c5c(c4[2H])N(c4c(-c6ccccc6)cc(C(C)(C)C)cc4-c4ccccc4)c4cc(C(C)(C)C)cc6c4B5c4c([2H])c([2H])c(-n5c7c([2H])c([2H])c([2H])c([2H])c7c7c([2H])c([2H])c(-c8c([2H])c([2H])c([2H])c([2H])c8[2H])c([2H])c75)c([2H])c4N6c4c(-c5ccccc5)cc(C(C)(C)C)cc4-c4ccccc4)c3c2[2H])c([2H])c1[2H]. The molecule has 15 aromatic carbocycles. The van der Waals surface area contributed by atoms with Crippen LogP contribution in [0.4, 0.5) is 34.1 Å². The minimum atomic E-state index is -1.81. The molecule has 4 nitrogen and oxygen atoms in total. The Labute approximate surface area is 671 Å². The molecule has 0 saturated carbocycles. The quantitative estimate of drug-likeness (QED) is 0.127. The molecule has 514 valence electrons. The van der Waals surface area contributed by atoms with Gasteiger partial charge in [0.1, 0.15) is 0 Å². The Morgan fingerprint density at radius 3 is 0.935 bits per heavy atom. The van der Waals surface area contributed by atoms with Gasteiger partial charge in [-0.1, -0.05) is 317 Å². The van der Waals surface area contributed by atoms with Crippen molar-refractivity contribution in [2.45, 2.75) is 78.6 Å². The van der Waals surface area contributed by atoms with E-state index >= 15 is 0 Å². The van der Waals surface area contributed by atoms with E-state index in [0.29, 0.717) is 61.4 Å². The van der Waals surface area contributed by atoms with Gasteiger partial charge in [0.15, 0.2) is 0 Å². The monoisotopic (exact) mass is 1400 g/mol. The molecule has 2 aliphatic rings. The minimum Gasteiger partial charge on any atom is -0.310 e. The van der Waals surface area contributed by atoms with E-state index in [2.05, 4.69) is 0 Å². The van der Waals surface area contributed by atoms with Crippen molar-refractivity contribution >= 4 is 101 Å². The first-order valence-electron chi connectivity index (χ1n) is 50.4. The summed E-state index contributed by atoms with van der Waals surface area (Å²) in [4.78, 5) is 3.61. The van der Waals surface area contributed by atoms with Crippen LogP contribution in [0.1, 0.15) is 120 Å². The van der Waals surface area contributed by atoms with E-state index in [-0.39, 0.29) is 39.1 Å². The van der Waals surface area contributed by atoms with Gasteiger partial charge < -0.3 is 18.9 Å². The predicted octanol–water partition coefficient (Wildman–Crippen LogP) is 25.9. The summed E-state index contributed by atoms with van der Waals surface area (Å²) in [5, 5.41) is -2.06. The number of fused-ring (bicyclic) bond motifs is 10. The molecule has 0 spiro atoms. The van der Waals surface area contributed by atoms with E-state index in [9.17, 15) is 32.9 Å². The Kier molecular flexibility index (Phi) is 9.57. The molecule has 0 saturated heterocycles. The highest BCUT2D eigenvalue weighted by molar-refractivity contribution is 7.00. The summed E-state index contributed by atoms with van der Waals surface area (Å²) in [6.45, 7) is 16.4. The molecule has 2 aromatic heterocycles. The van der Waals surface area contributed by atoms with E-state index in [4.69, 9.17) is 8.22 Å². The molecular formula is C102H83BN4. The first-order valence-corrected chi connectivity index (χ1v) is 35.4. The van der Waals surface area contributed by atoms with Crippen LogP contribution in [-0.2, 0) is 16.2 Å². The van der Waals surface area contributed by atoms with E-state index in [1.165, 1.54) is 0 Å². The molecule has 0 atom stereocenters. The summed E-state index contributed by atoms with van der Waals surface area (Å²) in [7, 11) is 0. The third kappa shape index (κ3) is 11.0. The second-order valence-corrected chi connectivity index (χ2v) is 30.1. The first kappa shape index (κ1) is 40.7. The van der Waals surface area contributed by atoms with Crippen LogP contribution < -0.4 is 26.2 Å². The standard InChI is InChI=1S/C102H83BN4/c1-100(2,3)74-58-83(68-36-20-12-21-37-68)98(84(59-74)69-38-22-13-23-39-69)106-93-64-77(104-89-46-30-28-44-79(89)81-52-48-72(56-91(81)104)66-32-16-10-17-33-66)50-54-87(93)103-88-55-51-78(105-90-47-31-29-45-80(90)82-53-49-73(57-92(82)105)67-34-18-11-19-35-67)65-94(88)107(96-63-76(102(7,8)9)62-95(106)97(96)103)99-85(70-40-24-14-25-41-70)60-75(101(4,5)6)61-86(99)71-42-26-15-27-43-71/h10-65H,1-9H3/i10D,11D,16D,17D,18D,19D,28D,29D,30D,31D,32D,33D,34D,35D,44D,45D,46D,47D,48D,49D,50D,51D,52D,53D,54D,55D,56D,57D,64D,65D. The van der Waals surface area contributed by atoms with Gasteiger partial charge >= 0.3 is 0 Å².